The van der Waals surface area contributed by atoms with Gasteiger partial charge < -0.3 is 14.9 Å². The van der Waals surface area contributed by atoms with Gasteiger partial charge in [0, 0.05) is 38.4 Å². The molecule has 0 spiro atoms. The molecule has 2 aromatic carbocycles. The summed E-state index contributed by atoms with van der Waals surface area (Å²) in [4.78, 5) is 28.5. The molecule has 0 aromatic heterocycles. The number of hydrogen-bond acceptors (Lipinski definition) is 8. The van der Waals surface area contributed by atoms with Gasteiger partial charge in [-0.25, -0.2) is 21.1 Å². The van der Waals surface area contributed by atoms with Crippen LogP contribution >= 0.6 is 0 Å². The van der Waals surface area contributed by atoms with Gasteiger partial charge in [0.25, 0.3) is 15.9 Å². The van der Waals surface area contributed by atoms with E-state index in [9.17, 15) is 31.5 Å². The van der Waals surface area contributed by atoms with Crippen LogP contribution in [0.2, 0.25) is 0 Å². The molecular formula is C23H28N4O7S2. The quantitative estimate of drug-likeness (QED) is 0.475. The number of anilines is 1. The molecule has 2 aliphatic rings. The van der Waals surface area contributed by atoms with Crippen molar-refractivity contribution in [2.24, 2.45) is 0 Å². The zero-order valence-corrected chi connectivity index (χ0v) is 21.3. The SMILES string of the molecule is CN1CCN(c2ccc(S(=O)(=O)N[C@H](CCCN3C(=O)c4ccccc4S3(=O)=O)C(=O)O)cc2)CC1. The van der Waals surface area contributed by atoms with Gasteiger partial charge in [-0.05, 0) is 56.3 Å². The first-order valence-corrected chi connectivity index (χ1v) is 14.4. The summed E-state index contributed by atoms with van der Waals surface area (Å²) in [5.41, 5.74) is 0.947. The lowest BCUT2D eigenvalue weighted by Gasteiger charge is -2.34. The number of amides is 1. The molecule has 1 fully saturated rings. The Morgan fingerprint density at radius 1 is 1.06 bits per heavy atom. The molecule has 0 bridgehead atoms. The lowest BCUT2D eigenvalue weighted by atomic mass is 10.1. The average molecular weight is 537 g/mol. The first kappa shape index (κ1) is 26.1. The number of carbonyl (C=O) groups excluding carboxylic acids is 1. The standard InChI is InChI=1S/C23H28N4O7S2/c1-25-13-15-26(16-14-25)17-8-10-18(11-9-17)35(31,32)24-20(23(29)30)6-4-12-27-22(28)19-5-2-3-7-21(19)36(27,33)34/h2-3,5,7-11,20,24H,4,6,12-16H2,1H3,(H,29,30)/t20-/m1/s1. The van der Waals surface area contributed by atoms with Crippen molar-refractivity contribution in [2.45, 2.75) is 28.7 Å². The number of nitrogens with zero attached hydrogens (tertiary/aromatic N) is 3. The van der Waals surface area contributed by atoms with E-state index in [1.807, 2.05) is 7.05 Å². The van der Waals surface area contributed by atoms with Crippen LogP contribution < -0.4 is 9.62 Å². The van der Waals surface area contributed by atoms with Gasteiger partial charge in [-0.15, -0.1) is 0 Å². The van der Waals surface area contributed by atoms with Gasteiger partial charge >= 0.3 is 5.97 Å². The van der Waals surface area contributed by atoms with Gasteiger partial charge in [0.2, 0.25) is 10.0 Å². The van der Waals surface area contributed by atoms with Gasteiger partial charge in [0.05, 0.1) is 10.5 Å². The molecule has 0 radical (unpaired) electrons. The van der Waals surface area contributed by atoms with Crippen molar-refractivity contribution < 1.29 is 31.5 Å². The molecule has 36 heavy (non-hydrogen) atoms. The molecule has 1 saturated heterocycles. The molecule has 2 aliphatic heterocycles. The molecule has 1 atom stereocenters. The van der Waals surface area contributed by atoms with E-state index in [4.69, 9.17) is 0 Å². The van der Waals surface area contributed by atoms with Crippen LogP contribution in [0.5, 0.6) is 0 Å². The van der Waals surface area contributed by atoms with Crippen LogP contribution in [0.4, 0.5) is 5.69 Å². The lowest BCUT2D eigenvalue weighted by Crippen LogP contribution is -2.44. The van der Waals surface area contributed by atoms with Crippen molar-refractivity contribution in [2.75, 3.05) is 44.7 Å². The number of piperazine rings is 1. The molecule has 194 valence electrons. The molecule has 0 aliphatic carbocycles. The Morgan fingerprint density at radius 3 is 2.31 bits per heavy atom. The molecule has 2 heterocycles. The number of benzene rings is 2. The normalized spacial score (nSPS) is 18.8. The molecular weight excluding hydrogens is 508 g/mol. The Kier molecular flexibility index (Phi) is 7.36. The summed E-state index contributed by atoms with van der Waals surface area (Å²) in [5, 5.41) is 9.57. The van der Waals surface area contributed by atoms with E-state index in [0.29, 0.717) is 4.31 Å². The van der Waals surface area contributed by atoms with Crippen LogP contribution in [0, 0.1) is 0 Å². The lowest BCUT2D eigenvalue weighted by molar-refractivity contribution is -0.139. The number of likely N-dealkylation sites (N-methyl/N-ethyl adjacent to an activating group) is 1. The van der Waals surface area contributed by atoms with Gasteiger partial charge in [-0.1, -0.05) is 12.1 Å². The third kappa shape index (κ3) is 5.24. The van der Waals surface area contributed by atoms with Crippen LogP contribution in [-0.2, 0) is 24.8 Å². The summed E-state index contributed by atoms with van der Waals surface area (Å²) < 4.78 is 53.9. The number of nitrogens with one attached hydrogen (secondary N) is 1. The minimum absolute atomic E-state index is 0.0409. The summed E-state index contributed by atoms with van der Waals surface area (Å²) in [5.74, 6) is -2.08. The fourth-order valence-corrected chi connectivity index (χ4v) is 7.11. The minimum atomic E-state index is -4.14. The maximum Gasteiger partial charge on any atom is 0.321 e. The highest BCUT2D eigenvalue weighted by molar-refractivity contribution is 7.90. The molecule has 0 unspecified atom stereocenters. The Morgan fingerprint density at radius 2 is 1.69 bits per heavy atom. The highest BCUT2D eigenvalue weighted by atomic mass is 32.2. The number of carboxylic acids is 1. The van der Waals surface area contributed by atoms with Crippen molar-refractivity contribution in [3.05, 3.63) is 54.1 Å². The van der Waals surface area contributed by atoms with E-state index >= 15 is 0 Å². The number of hydrogen-bond donors (Lipinski definition) is 2. The second kappa shape index (κ2) is 10.2. The van der Waals surface area contributed by atoms with Gasteiger partial charge in [-0.3, -0.25) is 9.59 Å². The van der Waals surface area contributed by atoms with Crippen molar-refractivity contribution in [1.29, 1.82) is 0 Å². The van der Waals surface area contributed by atoms with Crippen LogP contribution in [0.3, 0.4) is 0 Å². The predicted molar refractivity (Wildman–Crippen MR) is 132 cm³/mol. The topological polar surface area (TPSA) is 144 Å². The van der Waals surface area contributed by atoms with E-state index in [2.05, 4.69) is 14.5 Å². The van der Waals surface area contributed by atoms with Crippen LogP contribution in [0.25, 0.3) is 0 Å². The zero-order valence-electron chi connectivity index (χ0n) is 19.7. The van der Waals surface area contributed by atoms with Crippen LogP contribution in [0.1, 0.15) is 23.2 Å². The second-order valence-corrected chi connectivity index (χ2v) is 12.4. The van der Waals surface area contributed by atoms with Crippen molar-refractivity contribution in [3.8, 4) is 0 Å². The third-order valence-corrected chi connectivity index (χ3v) is 9.71. The van der Waals surface area contributed by atoms with E-state index in [1.165, 1.54) is 30.3 Å². The number of rotatable bonds is 9. The van der Waals surface area contributed by atoms with E-state index in [1.54, 1.807) is 18.2 Å². The highest BCUT2D eigenvalue weighted by Gasteiger charge is 2.40. The Bertz CT molecular complexity index is 1350. The minimum Gasteiger partial charge on any atom is -0.480 e. The summed E-state index contributed by atoms with van der Waals surface area (Å²) in [7, 11) is -6.12. The average Bonchev–Trinajstić information content (AvgIpc) is 3.04. The van der Waals surface area contributed by atoms with Crippen molar-refractivity contribution in [3.63, 3.8) is 0 Å². The first-order chi connectivity index (χ1) is 17.0. The molecule has 2 aromatic rings. The fourth-order valence-electron chi connectivity index (χ4n) is 4.28. The predicted octanol–water partition coefficient (Wildman–Crippen LogP) is 0.795. The largest absolute Gasteiger partial charge is 0.480 e. The summed E-state index contributed by atoms with van der Waals surface area (Å²) in [6.45, 7) is 3.18. The number of sulfonamides is 2. The van der Waals surface area contributed by atoms with Crippen LogP contribution in [-0.4, -0.2) is 88.8 Å². The Balaban J connectivity index is 1.39. The highest BCUT2D eigenvalue weighted by Crippen LogP contribution is 2.30. The van der Waals surface area contributed by atoms with E-state index < -0.39 is 38.0 Å². The number of carboxylic acid groups (broad SMARTS) is 1. The maximum atomic E-state index is 12.8. The third-order valence-electron chi connectivity index (χ3n) is 6.38. The van der Waals surface area contributed by atoms with Gasteiger partial charge in [-0.2, -0.15) is 4.72 Å². The van der Waals surface area contributed by atoms with Crippen molar-refractivity contribution in [1.82, 2.24) is 13.9 Å². The number of fused-ring (bicyclic) bond motifs is 1. The van der Waals surface area contributed by atoms with E-state index in [0.717, 1.165) is 31.9 Å². The summed E-state index contributed by atoms with van der Waals surface area (Å²) in [6.07, 6.45) is -0.246. The van der Waals surface area contributed by atoms with Crippen LogP contribution in [0.15, 0.2) is 58.3 Å². The summed E-state index contributed by atoms with van der Waals surface area (Å²) in [6, 6.07) is 10.6. The van der Waals surface area contributed by atoms with Gasteiger partial charge in [0.15, 0.2) is 0 Å². The second-order valence-electron chi connectivity index (χ2n) is 8.82. The molecule has 2 N–H and O–H groups in total. The number of carbonyl (C=O) groups is 2. The van der Waals surface area contributed by atoms with Crippen molar-refractivity contribution >= 4 is 37.6 Å². The monoisotopic (exact) mass is 536 g/mol. The molecule has 11 nitrogen and oxygen atoms in total. The molecule has 1 amide bonds. The Labute approximate surface area is 210 Å². The smallest absolute Gasteiger partial charge is 0.321 e. The maximum absolute atomic E-state index is 12.8. The zero-order chi connectivity index (χ0) is 26.1. The fraction of sp³-hybridized carbons (Fsp3) is 0.391. The first-order valence-electron chi connectivity index (χ1n) is 11.5. The summed E-state index contributed by atoms with van der Waals surface area (Å²) >= 11 is 0. The number of aliphatic carboxylic acids is 1. The van der Waals surface area contributed by atoms with E-state index in [-0.39, 0.29) is 34.7 Å². The molecule has 13 heteroatoms. The Hall–Kier alpha value is -3.00. The molecule has 0 saturated carbocycles. The molecule has 4 rings (SSSR count). The van der Waals surface area contributed by atoms with Gasteiger partial charge in [0.1, 0.15) is 10.9 Å².